The molecule has 2 atom stereocenters. The van der Waals surface area contributed by atoms with Gasteiger partial charge in [-0.05, 0) is 42.1 Å². The molecule has 0 radical (unpaired) electrons. The second-order valence-corrected chi connectivity index (χ2v) is 5.39. The molecule has 0 bridgehead atoms. The van der Waals surface area contributed by atoms with E-state index in [-0.39, 0.29) is 0 Å². The molecule has 2 heteroatoms. The molecule has 2 aromatic carbocycles. The van der Waals surface area contributed by atoms with E-state index in [4.69, 9.17) is 4.74 Å². The fourth-order valence-electron chi connectivity index (χ4n) is 3.16. The van der Waals surface area contributed by atoms with Crippen LogP contribution in [0.4, 0.5) is 0 Å². The second kappa shape index (κ2) is 6.10. The standard InChI is InChI=1S/C18H21NO/c1-20-16-9-7-15(8-10-16)17-11-12-19-13-18(17)14-5-3-2-4-6-14/h2-10,17-19H,11-13H2,1H3/t17-,18+/m0/s1. The van der Waals surface area contributed by atoms with Gasteiger partial charge in [0, 0.05) is 12.5 Å². The van der Waals surface area contributed by atoms with Gasteiger partial charge in [0.2, 0.25) is 0 Å². The van der Waals surface area contributed by atoms with E-state index in [0.29, 0.717) is 11.8 Å². The van der Waals surface area contributed by atoms with E-state index in [2.05, 4.69) is 59.9 Å². The normalized spacial score (nSPS) is 22.4. The maximum absolute atomic E-state index is 5.26. The van der Waals surface area contributed by atoms with Gasteiger partial charge < -0.3 is 10.1 Å². The number of hydrogen-bond donors (Lipinski definition) is 1. The fraction of sp³-hybridized carbons (Fsp3) is 0.333. The van der Waals surface area contributed by atoms with Crippen molar-refractivity contribution in [2.45, 2.75) is 18.3 Å². The van der Waals surface area contributed by atoms with E-state index >= 15 is 0 Å². The van der Waals surface area contributed by atoms with Crippen LogP contribution in [-0.2, 0) is 0 Å². The van der Waals surface area contributed by atoms with Crippen LogP contribution >= 0.6 is 0 Å². The van der Waals surface area contributed by atoms with Gasteiger partial charge in [0.25, 0.3) is 0 Å². The number of benzene rings is 2. The highest BCUT2D eigenvalue weighted by atomic mass is 16.5. The topological polar surface area (TPSA) is 21.3 Å². The van der Waals surface area contributed by atoms with Crippen LogP contribution in [0.15, 0.2) is 54.6 Å². The first-order valence-corrected chi connectivity index (χ1v) is 7.28. The lowest BCUT2D eigenvalue weighted by Gasteiger charge is -2.33. The number of hydrogen-bond acceptors (Lipinski definition) is 2. The summed E-state index contributed by atoms with van der Waals surface area (Å²) >= 11 is 0. The van der Waals surface area contributed by atoms with Gasteiger partial charge in [0.1, 0.15) is 5.75 Å². The van der Waals surface area contributed by atoms with Gasteiger partial charge in [0.15, 0.2) is 0 Å². The van der Waals surface area contributed by atoms with E-state index in [9.17, 15) is 0 Å². The summed E-state index contributed by atoms with van der Waals surface area (Å²) in [7, 11) is 1.71. The Morgan fingerprint density at radius 2 is 1.60 bits per heavy atom. The van der Waals surface area contributed by atoms with Gasteiger partial charge in [-0.3, -0.25) is 0 Å². The predicted octanol–water partition coefficient (Wildman–Crippen LogP) is 3.56. The van der Waals surface area contributed by atoms with E-state index in [1.54, 1.807) is 7.11 Å². The summed E-state index contributed by atoms with van der Waals surface area (Å²) in [6.07, 6.45) is 1.19. The average Bonchev–Trinajstić information content (AvgIpc) is 2.56. The SMILES string of the molecule is COc1ccc([C@@H]2CCNC[C@@H]2c2ccccc2)cc1. The molecular weight excluding hydrogens is 246 g/mol. The second-order valence-electron chi connectivity index (χ2n) is 5.39. The smallest absolute Gasteiger partial charge is 0.118 e. The maximum Gasteiger partial charge on any atom is 0.118 e. The molecule has 1 N–H and O–H groups in total. The van der Waals surface area contributed by atoms with Crippen LogP contribution in [0.3, 0.4) is 0 Å². The average molecular weight is 267 g/mol. The lowest BCUT2D eigenvalue weighted by atomic mass is 9.77. The molecule has 104 valence electrons. The van der Waals surface area contributed by atoms with Crippen LogP contribution in [0, 0.1) is 0 Å². The zero-order valence-electron chi connectivity index (χ0n) is 11.9. The highest BCUT2D eigenvalue weighted by Gasteiger charge is 2.27. The predicted molar refractivity (Wildman–Crippen MR) is 82.4 cm³/mol. The Balaban J connectivity index is 1.88. The minimum Gasteiger partial charge on any atom is -0.497 e. The van der Waals surface area contributed by atoms with Crippen LogP contribution in [0.25, 0.3) is 0 Å². The minimum absolute atomic E-state index is 0.554. The van der Waals surface area contributed by atoms with Crippen molar-refractivity contribution in [1.82, 2.24) is 5.32 Å². The monoisotopic (exact) mass is 267 g/mol. The first-order chi connectivity index (χ1) is 9.88. The van der Waals surface area contributed by atoms with Crippen molar-refractivity contribution >= 4 is 0 Å². The van der Waals surface area contributed by atoms with Gasteiger partial charge in [0.05, 0.1) is 7.11 Å². The number of rotatable bonds is 3. The zero-order valence-corrected chi connectivity index (χ0v) is 11.9. The van der Waals surface area contributed by atoms with Crippen molar-refractivity contribution < 1.29 is 4.74 Å². The van der Waals surface area contributed by atoms with Gasteiger partial charge >= 0.3 is 0 Å². The molecule has 1 aliphatic rings. The van der Waals surface area contributed by atoms with Crippen LogP contribution in [0.1, 0.15) is 29.4 Å². The first-order valence-electron chi connectivity index (χ1n) is 7.28. The largest absolute Gasteiger partial charge is 0.497 e. The lowest BCUT2D eigenvalue weighted by molar-refractivity contribution is 0.401. The summed E-state index contributed by atoms with van der Waals surface area (Å²) < 4.78 is 5.26. The third-order valence-electron chi connectivity index (χ3n) is 4.25. The van der Waals surface area contributed by atoms with Crippen LogP contribution in [0.5, 0.6) is 5.75 Å². The summed E-state index contributed by atoms with van der Waals surface area (Å²) in [4.78, 5) is 0. The molecule has 0 amide bonds. The van der Waals surface area contributed by atoms with E-state index in [0.717, 1.165) is 18.8 Å². The Kier molecular flexibility index (Phi) is 4.03. The third kappa shape index (κ3) is 2.70. The molecule has 2 aromatic rings. The molecule has 2 nitrogen and oxygen atoms in total. The Hall–Kier alpha value is -1.80. The number of piperidine rings is 1. The molecule has 0 aliphatic carbocycles. The molecule has 1 fully saturated rings. The van der Waals surface area contributed by atoms with Gasteiger partial charge in [-0.25, -0.2) is 0 Å². The highest BCUT2D eigenvalue weighted by molar-refractivity contribution is 5.33. The molecule has 0 spiro atoms. The fourth-order valence-corrected chi connectivity index (χ4v) is 3.16. The molecule has 1 aliphatic heterocycles. The molecule has 20 heavy (non-hydrogen) atoms. The maximum atomic E-state index is 5.26. The number of ether oxygens (including phenoxy) is 1. The minimum atomic E-state index is 0.554. The molecule has 0 aromatic heterocycles. The van der Waals surface area contributed by atoms with Crippen molar-refractivity contribution in [1.29, 1.82) is 0 Å². The van der Waals surface area contributed by atoms with E-state index in [1.165, 1.54) is 17.5 Å². The molecule has 1 saturated heterocycles. The summed E-state index contributed by atoms with van der Waals surface area (Å²) in [5.74, 6) is 2.07. The van der Waals surface area contributed by atoms with Crippen molar-refractivity contribution in [3.8, 4) is 5.75 Å². The van der Waals surface area contributed by atoms with Crippen molar-refractivity contribution in [3.05, 3.63) is 65.7 Å². The van der Waals surface area contributed by atoms with E-state index in [1.807, 2.05) is 0 Å². The summed E-state index contributed by atoms with van der Waals surface area (Å²) in [5, 5.41) is 3.53. The molecular formula is C18H21NO. The van der Waals surface area contributed by atoms with Crippen LogP contribution in [0.2, 0.25) is 0 Å². The van der Waals surface area contributed by atoms with Crippen molar-refractivity contribution in [2.24, 2.45) is 0 Å². The Morgan fingerprint density at radius 1 is 0.900 bits per heavy atom. The first kappa shape index (κ1) is 13.2. The molecule has 0 saturated carbocycles. The summed E-state index contributed by atoms with van der Waals surface area (Å²) in [6, 6.07) is 19.4. The summed E-state index contributed by atoms with van der Waals surface area (Å²) in [6.45, 7) is 2.15. The zero-order chi connectivity index (χ0) is 13.8. The van der Waals surface area contributed by atoms with Crippen molar-refractivity contribution in [2.75, 3.05) is 20.2 Å². The van der Waals surface area contributed by atoms with Crippen LogP contribution in [-0.4, -0.2) is 20.2 Å². The van der Waals surface area contributed by atoms with Gasteiger partial charge in [-0.15, -0.1) is 0 Å². The van der Waals surface area contributed by atoms with E-state index < -0.39 is 0 Å². The highest BCUT2D eigenvalue weighted by Crippen LogP contribution is 2.37. The van der Waals surface area contributed by atoms with Crippen molar-refractivity contribution in [3.63, 3.8) is 0 Å². The number of nitrogens with one attached hydrogen (secondary N) is 1. The van der Waals surface area contributed by atoms with Gasteiger partial charge in [-0.1, -0.05) is 42.5 Å². The Morgan fingerprint density at radius 3 is 2.30 bits per heavy atom. The third-order valence-corrected chi connectivity index (χ3v) is 4.25. The van der Waals surface area contributed by atoms with Gasteiger partial charge in [-0.2, -0.15) is 0 Å². The molecule has 0 unspecified atom stereocenters. The van der Waals surface area contributed by atoms with Crippen LogP contribution < -0.4 is 10.1 Å². The Labute approximate surface area is 120 Å². The lowest BCUT2D eigenvalue weighted by Crippen LogP contribution is -2.33. The number of methoxy groups -OCH3 is 1. The molecule has 1 heterocycles. The Bertz CT molecular complexity index is 535. The quantitative estimate of drug-likeness (QED) is 0.918. The summed E-state index contributed by atoms with van der Waals surface area (Å²) in [5.41, 5.74) is 2.85. The molecule has 3 rings (SSSR count).